The van der Waals surface area contributed by atoms with Crippen LogP contribution in [0.25, 0.3) is 0 Å². The molecule has 1 aromatic heterocycles. The van der Waals surface area contributed by atoms with Gasteiger partial charge in [-0.2, -0.15) is 0 Å². The number of halogens is 2. The van der Waals surface area contributed by atoms with Crippen molar-refractivity contribution in [3.8, 4) is 0 Å². The highest BCUT2D eigenvalue weighted by Crippen LogP contribution is 2.24. The van der Waals surface area contributed by atoms with E-state index in [2.05, 4.69) is 16.0 Å². The zero-order valence-corrected chi connectivity index (χ0v) is 20.5. The highest BCUT2D eigenvalue weighted by Gasteiger charge is 2.25. The van der Waals surface area contributed by atoms with E-state index in [0.29, 0.717) is 32.0 Å². The molecule has 6 heteroatoms. The van der Waals surface area contributed by atoms with Gasteiger partial charge in [0.1, 0.15) is 11.5 Å². The standard InChI is InChI=1S/C28H37F2N3O/c1-28(2,30)20-32-15-11-21(12-16-32)5-6-22-7-9-24(31-19-22)17-23-8-10-25(26(29)18-23)27(34)33-13-3-4-14-33/h7-10,18-19,21H,3-6,11-17,20H2,1-2H3. The molecule has 0 spiro atoms. The van der Waals surface area contributed by atoms with Gasteiger partial charge in [-0.15, -0.1) is 0 Å². The number of aryl methyl sites for hydroxylation is 1. The molecule has 2 aromatic rings. The summed E-state index contributed by atoms with van der Waals surface area (Å²) in [5, 5.41) is 0. The van der Waals surface area contributed by atoms with Gasteiger partial charge < -0.3 is 9.80 Å². The Morgan fingerprint density at radius 2 is 1.76 bits per heavy atom. The van der Waals surface area contributed by atoms with Crippen molar-refractivity contribution in [2.24, 2.45) is 5.92 Å². The van der Waals surface area contributed by atoms with E-state index in [4.69, 9.17) is 0 Å². The Kier molecular flexibility index (Phi) is 7.97. The second-order valence-electron chi connectivity index (χ2n) is 10.6. The lowest BCUT2D eigenvalue weighted by Gasteiger charge is -2.34. The number of benzene rings is 1. The molecular formula is C28H37F2N3O. The van der Waals surface area contributed by atoms with Crippen molar-refractivity contribution in [2.75, 3.05) is 32.7 Å². The molecule has 0 unspecified atom stereocenters. The first-order valence-corrected chi connectivity index (χ1v) is 12.7. The van der Waals surface area contributed by atoms with Crippen LogP contribution in [0.3, 0.4) is 0 Å². The first-order chi connectivity index (χ1) is 16.3. The average Bonchev–Trinajstić information content (AvgIpc) is 3.33. The molecular weight excluding hydrogens is 432 g/mol. The molecule has 184 valence electrons. The molecule has 0 atom stereocenters. The Bertz CT molecular complexity index is 957. The van der Waals surface area contributed by atoms with E-state index in [0.717, 1.165) is 62.9 Å². The number of aromatic nitrogens is 1. The van der Waals surface area contributed by atoms with Crippen molar-refractivity contribution in [1.82, 2.24) is 14.8 Å². The molecule has 2 fully saturated rings. The van der Waals surface area contributed by atoms with Crippen molar-refractivity contribution in [2.45, 2.75) is 64.5 Å². The maximum Gasteiger partial charge on any atom is 0.256 e. The van der Waals surface area contributed by atoms with Crippen LogP contribution in [0.4, 0.5) is 8.78 Å². The van der Waals surface area contributed by atoms with Gasteiger partial charge in [0.15, 0.2) is 0 Å². The number of pyridine rings is 1. The number of likely N-dealkylation sites (tertiary alicyclic amines) is 2. The Morgan fingerprint density at radius 1 is 1.06 bits per heavy atom. The van der Waals surface area contributed by atoms with E-state index in [1.807, 2.05) is 18.3 Å². The Labute approximate surface area is 202 Å². The van der Waals surface area contributed by atoms with E-state index in [-0.39, 0.29) is 11.5 Å². The number of piperidine rings is 1. The fraction of sp³-hybridized carbons (Fsp3) is 0.571. The van der Waals surface area contributed by atoms with Crippen LogP contribution in [0.5, 0.6) is 0 Å². The normalized spacial score (nSPS) is 17.9. The van der Waals surface area contributed by atoms with Crippen LogP contribution < -0.4 is 0 Å². The summed E-state index contributed by atoms with van der Waals surface area (Å²) in [7, 11) is 0. The molecule has 4 nitrogen and oxygen atoms in total. The van der Waals surface area contributed by atoms with E-state index < -0.39 is 11.5 Å². The molecule has 0 saturated carbocycles. The number of rotatable bonds is 8. The second-order valence-corrected chi connectivity index (χ2v) is 10.6. The van der Waals surface area contributed by atoms with Gasteiger partial charge in [-0.1, -0.05) is 12.1 Å². The monoisotopic (exact) mass is 469 g/mol. The molecule has 2 aliphatic heterocycles. The van der Waals surface area contributed by atoms with Crippen molar-refractivity contribution in [3.63, 3.8) is 0 Å². The minimum absolute atomic E-state index is 0.160. The Hall–Kier alpha value is -2.34. The third kappa shape index (κ3) is 6.84. The number of nitrogens with zero attached hydrogens (tertiary/aromatic N) is 3. The van der Waals surface area contributed by atoms with Crippen LogP contribution in [0.15, 0.2) is 36.5 Å². The number of hydrogen-bond acceptors (Lipinski definition) is 3. The van der Waals surface area contributed by atoms with Gasteiger partial charge in [0.2, 0.25) is 0 Å². The third-order valence-corrected chi connectivity index (χ3v) is 7.08. The molecule has 2 saturated heterocycles. The Balaban J connectivity index is 1.25. The fourth-order valence-corrected chi connectivity index (χ4v) is 5.19. The molecule has 0 N–H and O–H groups in total. The fourth-order valence-electron chi connectivity index (χ4n) is 5.19. The average molecular weight is 470 g/mol. The van der Waals surface area contributed by atoms with Crippen molar-refractivity contribution < 1.29 is 13.6 Å². The molecule has 0 radical (unpaired) electrons. The lowest BCUT2D eigenvalue weighted by molar-refractivity contribution is 0.0788. The largest absolute Gasteiger partial charge is 0.339 e. The second kappa shape index (κ2) is 10.9. The minimum atomic E-state index is -1.13. The van der Waals surface area contributed by atoms with Gasteiger partial charge in [0.05, 0.1) is 5.56 Å². The lowest BCUT2D eigenvalue weighted by atomic mass is 9.90. The third-order valence-electron chi connectivity index (χ3n) is 7.08. The molecule has 2 aliphatic rings. The maximum atomic E-state index is 14.6. The summed E-state index contributed by atoms with van der Waals surface area (Å²) in [5.74, 6) is 0.0245. The summed E-state index contributed by atoms with van der Waals surface area (Å²) in [4.78, 5) is 21.0. The summed E-state index contributed by atoms with van der Waals surface area (Å²) >= 11 is 0. The van der Waals surface area contributed by atoms with Crippen molar-refractivity contribution in [3.05, 3.63) is 64.7 Å². The molecule has 3 heterocycles. The highest BCUT2D eigenvalue weighted by atomic mass is 19.1. The summed E-state index contributed by atoms with van der Waals surface area (Å²) in [5.41, 5.74) is 1.96. The van der Waals surface area contributed by atoms with Gasteiger partial charge in [-0.25, -0.2) is 8.78 Å². The van der Waals surface area contributed by atoms with Crippen LogP contribution in [0.1, 0.15) is 73.1 Å². The molecule has 4 rings (SSSR count). The Morgan fingerprint density at radius 3 is 2.38 bits per heavy atom. The van der Waals surface area contributed by atoms with Crippen LogP contribution in [-0.4, -0.2) is 59.1 Å². The first-order valence-electron chi connectivity index (χ1n) is 12.7. The van der Waals surface area contributed by atoms with Gasteiger partial charge in [-0.3, -0.25) is 9.78 Å². The zero-order chi connectivity index (χ0) is 24.1. The summed E-state index contributed by atoms with van der Waals surface area (Å²) in [6.07, 6.45) is 8.83. The molecule has 0 aliphatic carbocycles. The van der Waals surface area contributed by atoms with Crippen molar-refractivity contribution in [1.29, 1.82) is 0 Å². The minimum Gasteiger partial charge on any atom is -0.339 e. The summed E-state index contributed by atoms with van der Waals surface area (Å²) in [6, 6.07) is 9.04. The van der Waals surface area contributed by atoms with E-state index in [1.54, 1.807) is 24.8 Å². The quantitative estimate of drug-likeness (QED) is 0.517. The predicted molar refractivity (Wildman–Crippen MR) is 131 cm³/mol. The molecule has 1 amide bonds. The molecule has 1 aromatic carbocycles. The van der Waals surface area contributed by atoms with E-state index in [9.17, 15) is 13.6 Å². The number of amides is 1. The molecule has 0 bridgehead atoms. The van der Waals surface area contributed by atoms with Gasteiger partial charge >= 0.3 is 0 Å². The van der Waals surface area contributed by atoms with Crippen LogP contribution in [0.2, 0.25) is 0 Å². The lowest BCUT2D eigenvalue weighted by Crippen LogP contribution is -2.41. The van der Waals surface area contributed by atoms with Gasteiger partial charge in [0.25, 0.3) is 5.91 Å². The number of carbonyl (C=O) groups excluding carboxylic acids is 1. The number of hydrogen-bond donors (Lipinski definition) is 0. The van der Waals surface area contributed by atoms with Crippen molar-refractivity contribution >= 4 is 5.91 Å². The van der Waals surface area contributed by atoms with Gasteiger partial charge in [-0.05, 0) is 101 Å². The maximum absolute atomic E-state index is 14.6. The summed E-state index contributed by atoms with van der Waals surface area (Å²) < 4.78 is 28.5. The highest BCUT2D eigenvalue weighted by molar-refractivity contribution is 5.94. The zero-order valence-electron chi connectivity index (χ0n) is 20.5. The number of alkyl halides is 1. The van der Waals surface area contributed by atoms with Crippen LogP contribution in [0, 0.1) is 11.7 Å². The van der Waals surface area contributed by atoms with E-state index in [1.165, 1.54) is 11.6 Å². The summed E-state index contributed by atoms with van der Waals surface area (Å²) in [6.45, 7) is 7.21. The van der Waals surface area contributed by atoms with E-state index >= 15 is 0 Å². The predicted octanol–water partition coefficient (Wildman–Crippen LogP) is 5.44. The number of carbonyl (C=O) groups is 1. The molecule has 34 heavy (non-hydrogen) atoms. The smallest absolute Gasteiger partial charge is 0.256 e. The van der Waals surface area contributed by atoms with Crippen LogP contribution in [-0.2, 0) is 12.8 Å². The SMILES string of the molecule is CC(C)(F)CN1CCC(CCc2ccc(Cc3ccc(C(=O)N4CCCC4)c(F)c3)nc2)CC1. The van der Waals surface area contributed by atoms with Crippen LogP contribution >= 0.6 is 0 Å². The first kappa shape index (κ1) is 24.8. The van der Waals surface area contributed by atoms with Gasteiger partial charge in [0, 0.05) is 37.9 Å². The topological polar surface area (TPSA) is 36.4 Å².